The maximum Gasteiger partial charge on any atom is 0.141 e. The Morgan fingerprint density at radius 1 is 1.33 bits per heavy atom. The first-order valence-electron chi connectivity index (χ1n) is 7.50. The molecule has 0 saturated carbocycles. The van der Waals surface area contributed by atoms with Gasteiger partial charge in [0.05, 0.1) is 17.9 Å². The molecule has 110 valence electrons. The average molecular weight is 284 g/mol. The molecule has 0 bridgehead atoms. The van der Waals surface area contributed by atoms with Crippen LogP contribution in [0, 0.1) is 13.8 Å². The van der Waals surface area contributed by atoms with Crippen LogP contribution in [-0.4, -0.2) is 23.8 Å². The molecular weight excluding hydrogens is 264 g/mol. The third-order valence-corrected chi connectivity index (χ3v) is 5.00. The molecule has 21 heavy (non-hydrogen) atoms. The van der Waals surface area contributed by atoms with Gasteiger partial charge in [-0.25, -0.2) is 0 Å². The lowest BCUT2D eigenvalue weighted by Gasteiger charge is -2.37. The Kier molecular flexibility index (Phi) is 2.75. The minimum Gasteiger partial charge on any atom is -0.369 e. The van der Waals surface area contributed by atoms with Crippen LogP contribution < -0.4 is 5.32 Å². The molecule has 2 aliphatic rings. The summed E-state index contributed by atoms with van der Waals surface area (Å²) in [6, 6.07) is 6.54. The van der Waals surface area contributed by atoms with Gasteiger partial charge in [-0.1, -0.05) is 23.4 Å². The van der Waals surface area contributed by atoms with Gasteiger partial charge in [-0.2, -0.15) is 0 Å². The summed E-state index contributed by atoms with van der Waals surface area (Å²) >= 11 is 0. The van der Waals surface area contributed by atoms with Gasteiger partial charge in [0, 0.05) is 24.6 Å². The first-order valence-corrected chi connectivity index (χ1v) is 7.50. The van der Waals surface area contributed by atoms with Gasteiger partial charge in [0.15, 0.2) is 0 Å². The average Bonchev–Trinajstić information content (AvgIpc) is 3.01. The molecule has 2 unspecified atom stereocenters. The predicted molar refractivity (Wildman–Crippen MR) is 80.2 cm³/mol. The van der Waals surface area contributed by atoms with Gasteiger partial charge in [0.25, 0.3) is 0 Å². The van der Waals surface area contributed by atoms with Crippen molar-refractivity contribution >= 4 is 0 Å². The van der Waals surface area contributed by atoms with E-state index in [1.165, 1.54) is 16.7 Å². The van der Waals surface area contributed by atoms with Crippen molar-refractivity contribution in [2.45, 2.75) is 38.9 Å². The van der Waals surface area contributed by atoms with E-state index >= 15 is 0 Å². The number of benzene rings is 1. The molecule has 3 heterocycles. The molecule has 0 radical (unpaired) electrons. The number of nitrogens with one attached hydrogen (secondary N) is 1. The van der Waals surface area contributed by atoms with Crippen LogP contribution in [0.4, 0.5) is 0 Å². The van der Waals surface area contributed by atoms with Gasteiger partial charge in [-0.05, 0) is 37.5 Å². The number of aryl methyl sites for hydroxylation is 2. The molecule has 2 atom stereocenters. The molecule has 1 N–H and O–H groups in total. The molecule has 1 aromatic heterocycles. The van der Waals surface area contributed by atoms with E-state index in [0.29, 0.717) is 12.5 Å². The zero-order valence-electron chi connectivity index (χ0n) is 12.7. The summed E-state index contributed by atoms with van der Waals surface area (Å²) in [5.74, 6) is 1.29. The monoisotopic (exact) mass is 284 g/mol. The highest BCUT2D eigenvalue weighted by Gasteiger charge is 2.45. The van der Waals surface area contributed by atoms with Crippen molar-refractivity contribution in [2.24, 2.45) is 0 Å². The van der Waals surface area contributed by atoms with Crippen LogP contribution >= 0.6 is 0 Å². The van der Waals surface area contributed by atoms with Crippen LogP contribution in [0.25, 0.3) is 11.1 Å². The van der Waals surface area contributed by atoms with E-state index < -0.39 is 0 Å². The molecule has 1 fully saturated rings. The largest absolute Gasteiger partial charge is 0.369 e. The topological polar surface area (TPSA) is 47.3 Å². The Labute approximate surface area is 124 Å². The number of ether oxygens (including phenoxy) is 1. The lowest BCUT2D eigenvalue weighted by molar-refractivity contribution is -0.0515. The van der Waals surface area contributed by atoms with Gasteiger partial charge in [0.1, 0.15) is 5.76 Å². The third kappa shape index (κ3) is 1.79. The lowest BCUT2D eigenvalue weighted by Crippen LogP contribution is -2.39. The minimum atomic E-state index is -0.0790. The van der Waals surface area contributed by atoms with Crippen molar-refractivity contribution in [3.05, 3.63) is 40.8 Å². The number of rotatable bonds is 1. The van der Waals surface area contributed by atoms with Crippen molar-refractivity contribution in [3.63, 3.8) is 0 Å². The van der Waals surface area contributed by atoms with Crippen LogP contribution in [0.3, 0.4) is 0 Å². The molecule has 0 spiro atoms. The van der Waals surface area contributed by atoms with E-state index in [4.69, 9.17) is 9.26 Å². The summed E-state index contributed by atoms with van der Waals surface area (Å²) in [6.45, 7) is 8.74. The molecule has 4 heteroatoms. The summed E-state index contributed by atoms with van der Waals surface area (Å²) in [5, 5.41) is 7.56. The van der Waals surface area contributed by atoms with Crippen molar-refractivity contribution in [1.29, 1.82) is 0 Å². The molecular formula is C17H20N2O2. The zero-order valence-corrected chi connectivity index (χ0v) is 12.7. The van der Waals surface area contributed by atoms with Crippen molar-refractivity contribution in [3.8, 4) is 11.1 Å². The molecule has 0 aliphatic carbocycles. The van der Waals surface area contributed by atoms with Crippen molar-refractivity contribution < 1.29 is 9.26 Å². The van der Waals surface area contributed by atoms with Crippen molar-refractivity contribution in [1.82, 2.24) is 10.5 Å². The lowest BCUT2D eigenvalue weighted by atomic mass is 9.79. The summed E-state index contributed by atoms with van der Waals surface area (Å²) < 4.78 is 11.6. The fraction of sp³-hybridized carbons (Fsp3) is 0.471. The van der Waals surface area contributed by atoms with Gasteiger partial charge >= 0.3 is 0 Å². The summed E-state index contributed by atoms with van der Waals surface area (Å²) in [5.41, 5.74) is 5.88. The molecule has 1 aromatic carbocycles. The van der Waals surface area contributed by atoms with E-state index in [1.54, 1.807) is 0 Å². The normalized spacial score (nSPS) is 27.5. The summed E-state index contributed by atoms with van der Waals surface area (Å²) in [6.07, 6.45) is 0. The molecule has 1 saturated heterocycles. The number of nitrogens with zero attached hydrogens (tertiary/aromatic N) is 1. The number of hydrogen-bond acceptors (Lipinski definition) is 4. The number of fused-ring (bicyclic) bond motifs is 3. The quantitative estimate of drug-likeness (QED) is 0.874. The molecule has 2 aromatic rings. The third-order valence-electron chi connectivity index (χ3n) is 5.00. The Balaban J connectivity index is 1.90. The van der Waals surface area contributed by atoms with E-state index in [1.807, 2.05) is 13.8 Å². The fourth-order valence-electron chi connectivity index (χ4n) is 3.83. The Morgan fingerprint density at radius 3 is 2.95 bits per heavy atom. The highest BCUT2D eigenvalue weighted by Crippen LogP contribution is 2.44. The second kappa shape index (κ2) is 4.42. The minimum absolute atomic E-state index is 0.0790. The number of hydrogen-bond donors (Lipinski definition) is 1. The summed E-state index contributed by atoms with van der Waals surface area (Å²) in [4.78, 5) is 0. The zero-order chi connectivity index (χ0) is 14.6. The van der Waals surface area contributed by atoms with Gasteiger partial charge in [-0.3, -0.25) is 0 Å². The molecule has 4 nitrogen and oxygen atoms in total. The highest BCUT2D eigenvalue weighted by molar-refractivity contribution is 5.72. The van der Waals surface area contributed by atoms with E-state index in [-0.39, 0.29) is 5.60 Å². The van der Waals surface area contributed by atoms with Crippen LogP contribution in [0.15, 0.2) is 22.7 Å². The van der Waals surface area contributed by atoms with Gasteiger partial charge in [0.2, 0.25) is 0 Å². The molecule has 2 aliphatic heterocycles. The maximum absolute atomic E-state index is 6.22. The van der Waals surface area contributed by atoms with Crippen LogP contribution in [0.1, 0.15) is 35.4 Å². The fourth-order valence-corrected chi connectivity index (χ4v) is 3.83. The number of aromatic nitrogens is 1. The first-order chi connectivity index (χ1) is 10.1. The standard InChI is InChI=1S/C17H20N2O2/c1-10-16(11(2)21-19-10)13-6-4-5-12-14(13)8-20-17(3)9-18-7-15(12)17/h4-6,15,18H,7-9H2,1-3H3. The molecule has 0 amide bonds. The Morgan fingerprint density at radius 2 is 2.19 bits per heavy atom. The Hall–Kier alpha value is -1.65. The van der Waals surface area contributed by atoms with Crippen LogP contribution in [0.5, 0.6) is 0 Å². The second-order valence-corrected chi connectivity index (χ2v) is 6.36. The van der Waals surface area contributed by atoms with E-state index in [2.05, 4.69) is 35.6 Å². The first kappa shape index (κ1) is 13.0. The van der Waals surface area contributed by atoms with Crippen LogP contribution in [0.2, 0.25) is 0 Å². The van der Waals surface area contributed by atoms with E-state index in [0.717, 1.165) is 30.1 Å². The highest BCUT2D eigenvalue weighted by atomic mass is 16.5. The smallest absolute Gasteiger partial charge is 0.141 e. The molecule has 4 rings (SSSR count). The van der Waals surface area contributed by atoms with Crippen molar-refractivity contribution in [2.75, 3.05) is 13.1 Å². The van der Waals surface area contributed by atoms with Gasteiger partial charge in [-0.15, -0.1) is 0 Å². The SMILES string of the molecule is Cc1noc(C)c1-c1cccc2c1COC1(C)CNCC21. The van der Waals surface area contributed by atoms with E-state index in [9.17, 15) is 0 Å². The second-order valence-electron chi connectivity index (χ2n) is 6.36. The summed E-state index contributed by atoms with van der Waals surface area (Å²) in [7, 11) is 0. The van der Waals surface area contributed by atoms with Gasteiger partial charge < -0.3 is 14.6 Å². The maximum atomic E-state index is 6.22. The predicted octanol–water partition coefficient (Wildman–Crippen LogP) is 2.93. The Bertz CT molecular complexity index is 687. The van der Waals surface area contributed by atoms with Crippen LogP contribution in [-0.2, 0) is 11.3 Å².